The minimum absolute atomic E-state index is 0.617. The molecule has 0 rings (SSSR count). The highest BCUT2D eigenvalue weighted by Crippen LogP contribution is 2.09. The SMILES string of the molecule is CC(C)N(C(C)C)[SiH]([SiH3])Br. The maximum Gasteiger partial charge on any atom is 0.164 e. The van der Waals surface area contributed by atoms with Gasteiger partial charge in [0.2, 0.25) is 0 Å². The lowest BCUT2D eigenvalue weighted by Crippen LogP contribution is -2.45. The second-order valence-corrected chi connectivity index (χ2v) is 17.3. The summed E-state index contributed by atoms with van der Waals surface area (Å²) < 4.78 is 2.62. The first-order valence-corrected chi connectivity index (χ1v) is 12.2. The van der Waals surface area contributed by atoms with Crippen molar-refractivity contribution in [1.29, 1.82) is 0 Å². The molecule has 0 aromatic carbocycles. The molecule has 0 aromatic rings. The summed E-state index contributed by atoms with van der Waals surface area (Å²) in [7, 11) is 0.713. The molecule has 0 heterocycles. The molecule has 0 saturated heterocycles. The van der Waals surface area contributed by atoms with Crippen LogP contribution in [0.3, 0.4) is 0 Å². The molecule has 62 valence electrons. The van der Waals surface area contributed by atoms with E-state index in [9.17, 15) is 0 Å². The van der Waals surface area contributed by atoms with E-state index in [0.717, 1.165) is 0 Å². The van der Waals surface area contributed by atoms with Gasteiger partial charge in [0.05, 0.1) is 0 Å². The minimum atomic E-state index is -0.617. The zero-order valence-corrected chi connectivity index (χ0v) is 12.3. The zero-order valence-electron chi connectivity index (χ0n) is 7.56. The van der Waals surface area contributed by atoms with Gasteiger partial charge in [0, 0.05) is 9.76 Å². The van der Waals surface area contributed by atoms with E-state index in [1.165, 1.54) is 9.76 Å². The quantitative estimate of drug-likeness (QED) is 0.515. The van der Waals surface area contributed by atoms with Gasteiger partial charge in [0.1, 0.15) is 0 Å². The first-order valence-electron chi connectivity index (χ1n) is 3.88. The Balaban J connectivity index is 3.98. The van der Waals surface area contributed by atoms with Gasteiger partial charge in [0.15, 0.2) is 7.10 Å². The van der Waals surface area contributed by atoms with Crippen molar-refractivity contribution in [3.8, 4) is 0 Å². The molecule has 0 saturated carbocycles. The molecule has 10 heavy (non-hydrogen) atoms. The van der Waals surface area contributed by atoms with Crippen molar-refractivity contribution < 1.29 is 0 Å². The Hall–Kier alpha value is 0.874. The average Bonchev–Trinajstić information content (AvgIpc) is 1.59. The Morgan fingerprint density at radius 1 is 1.20 bits per heavy atom. The highest BCUT2D eigenvalue weighted by molar-refractivity contribution is 9.25. The number of nitrogens with zero attached hydrogens (tertiary/aromatic N) is 1. The lowest BCUT2D eigenvalue weighted by atomic mass is 10.3. The normalized spacial score (nSPS) is 15.6. The molecule has 0 aliphatic heterocycles. The molecule has 0 amide bonds. The second kappa shape index (κ2) is 4.69. The molecule has 1 atom stereocenters. The smallest absolute Gasteiger partial charge is 0.164 e. The van der Waals surface area contributed by atoms with Gasteiger partial charge in [-0.3, -0.25) is 0 Å². The van der Waals surface area contributed by atoms with E-state index in [2.05, 4.69) is 47.6 Å². The van der Waals surface area contributed by atoms with Gasteiger partial charge in [-0.15, -0.1) is 15.3 Å². The fourth-order valence-electron chi connectivity index (χ4n) is 1.42. The molecule has 4 heteroatoms. The van der Waals surface area contributed by atoms with E-state index in [0.29, 0.717) is 12.1 Å². The molecule has 1 unspecified atom stereocenters. The van der Waals surface area contributed by atoms with Crippen LogP contribution in [0.4, 0.5) is 0 Å². The third kappa shape index (κ3) is 3.32. The van der Waals surface area contributed by atoms with Gasteiger partial charge in [0.25, 0.3) is 0 Å². The standard InChI is InChI=1S/C6H18BrNSi2/c1-5(2)8(6(3)4)10(7)9/h5-6,10H,1-4,9H3. The van der Waals surface area contributed by atoms with Gasteiger partial charge in [-0.2, -0.15) is 0 Å². The van der Waals surface area contributed by atoms with Crippen LogP contribution in [0, 0.1) is 0 Å². The molecule has 0 aromatic heterocycles. The molecular weight excluding hydrogens is 222 g/mol. The molecule has 0 aliphatic rings. The zero-order chi connectivity index (χ0) is 8.31. The van der Waals surface area contributed by atoms with Gasteiger partial charge in [-0.1, -0.05) is 27.7 Å². The van der Waals surface area contributed by atoms with Crippen LogP contribution >= 0.6 is 15.3 Å². The van der Waals surface area contributed by atoms with E-state index in [1.807, 2.05) is 0 Å². The molecule has 0 bridgehead atoms. The molecule has 0 radical (unpaired) electrons. The number of hydrogen-bond acceptors (Lipinski definition) is 1. The summed E-state index contributed by atoms with van der Waals surface area (Å²) in [6.45, 7) is 9.11. The summed E-state index contributed by atoms with van der Waals surface area (Å²) in [5.41, 5.74) is 0. The van der Waals surface area contributed by atoms with Gasteiger partial charge in [-0.05, 0) is 12.1 Å². The van der Waals surface area contributed by atoms with Gasteiger partial charge < -0.3 is 4.57 Å². The monoisotopic (exact) mass is 239 g/mol. The van der Waals surface area contributed by atoms with Crippen molar-refractivity contribution in [2.24, 2.45) is 0 Å². The fourth-order valence-corrected chi connectivity index (χ4v) is 9.48. The lowest BCUT2D eigenvalue weighted by Gasteiger charge is -2.32. The first kappa shape index (κ1) is 10.9. The highest BCUT2D eigenvalue weighted by atomic mass is 79.9. The van der Waals surface area contributed by atoms with Crippen LogP contribution in [0.25, 0.3) is 0 Å². The topological polar surface area (TPSA) is 3.24 Å². The molecule has 1 nitrogen and oxygen atoms in total. The molecule has 0 spiro atoms. The highest BCUT2D eigenvalue weighted by Gasteiger charge is 2.17. The number of hydrogen-bond donors (Lipinski definition) is 0. The van der Waals surface area contributed by atoms with Gasteiger partial charge >= 0.3 is 0 Å². The van der Waals surface area contributed by atoms with E-state index in [-0.39, 0.29) is 0 Å². The van der Waals surface area contributed by atoms with E-state index >= 15 is 0 Å². The summed E-state index contributed by atoms with van der Waals surface area (Å²) in [6, 6.07) is 1.43. The third-order valence-electron chi connectivity index (χ3n) is 1.60. The Labute approximate surface area is 76.7 Å². The Kier molecular flexibility index (Phi) is 5.10. The first-order chi connectivity index (χ1) is 4.46. The van der Waals surface area contributed by atoms with Crippen molar-refractivity contribution in [1.82, 2.24) is 4.57 Å². The van der Waals surface area contributed by atoms with E-state index < -0.39 is 7.10 Å². The Morgan fingerprint density at radius 3 is 1.50 bits per heavy atom. The molecule has 0 aliphatic carbocycles. The Morgan fingerprint density at radius 2 is 1.50 bits per heavy atom. The van der Waals surface area contributed by atoms with Crippen LogP contribution in [-0.2, 0) is 0 Å². The second-order valence-electron chi connectivity index (χ2n) is 3.21. The Bertz CT molecular complexity index is 76.7. The molecule has 0 N–H and O–H groups in total. The maximum absolute atomic E-state index is 3.77. The molecular formula is C6H18BrNSi2. The van der Waals surface area contributed by atoms with E-state index in [4.69, 9.17) is 0 Å². The summed E-state index contributed by atoms with van der Waals surface area (Å²) in [4.78, 5) is 0. The van der Waals surface area contributed by atoms with Crippen molar-refractivity contribution in [2.75, 3.05) is 0 Å². The van der Waals surface area contributed by atoms with Crippen molar-refractivity contribution in [3.63, 3.8) is 0 Å². The van der Waals surface area contributed by atoms with E-state index in [1.54, 1.807) is 0 Å². The predicted octanol–water partition coefficient (Wildman–Crippen LogP) is 0.583. The largest absolute Gasteiger partial charge is 0.316 e. The van der Waals surface area contributed by atoms with Crippen LogP contribution < -0.4 is 0 Å². The molecule has 0 fully saturated rings. The van der Waals surface area contributed by atoms with Gasteiger partial charge in [-0.25, -0.2) is 0 Å². The fraction of sp³-hybridized carbons (Fsp3) is 1.00. The van der Waals surface area contributed by atoms with Crippen LogP contribution in [0.1, 0.15) is 27.7 Å². The third-order valence-corrected chi connectivity index (χ3v) is 6.83. The van der Waals surface area contributed by atoms with Crippen LogP contribution in [0.5, 0.6) is 0 Å². The van der Waals surface area contributed by atoms with Crippen molar-refractivity contribution >= 4 is 32.1 Å². The summed E-state index contributed by atoms with van der Waals surface area (Å²) in [6.07, 6.45) is 0. The maximum atomic E-state index is 3.77. The number of halogens is 1. The summed E-state index contributed by atoms with van der Waals surface area (Å²) >= 11 is 3.77. The predicted molar refractivity (Wildman–Crippen MR) is 58.1 cm³/mol. The number of rotatable bonds is 3. The lowest BCUT2D eigenvalue weighted by molar-refractivity contribution is 0.315. The summed E-state index contributed by atoms with van der Waals surface area (Å²) in [5.74, 6) is 0. The van der Waals surface area contributed by atoms with Crippen LogP contribution in [0.2, 0.25) is 0 Å². The average molecular weight is 240 g/mol. The van der Waals surface area contributed by atoms with Crippen LogP contribution in [0.15, 0.2) is 0 Å². The van der Waals surface area contributed by atoms with Crippen molar-refractivity contribution in [2.45, 2.75) is 39.8 Å². The summed E-state index contributed by atoms with van der Waals surface area (Å²) in [5, 5.41) is 0. The van der Waals surface area contributed by atoms with Crippen LogP contribution in [-0.4, -0.2) is 33.5 Å². The minimum Gasteiger partial charge on any atom is -0.316 e. The van der Waals surface area contributed by atoms with Crippen molar-refractivity contribution in [3.05, 3.63) is 0 Å².